The number of nitrogen functional groups attached to an aromatic ring is 1. The van der Waals surface area contributed by atoms with Crippen molar-refractivity contribution in [1.29, 1.82) is 0 Å². The van der Waals surface area contributed by atoms with Gasteiger partial charge in [-0.25, -0.2) is 0 Å². The first-order valence-electron chi connectivity index (χ1n) is 23.3. The molecule has 368 valence electrons. The number of hydrogen-bond acceptors (Lipinski definition) is 12. The van der Waals surface area contributed by atoms with E-state index in [2.05, 4.69) is 36.7 Å². The van der Waals surface area contributed by atoms with Gasteiger partial charge in [0.1, 0.15) is 18.0 Å². The van der Waals surface area contributed by atoms with Gasteiger partial charge in [-0.3, -0.25) is 33.7 Å². The van der Waals surface area contributed by atoms with E-state index in [4.69, 9.17) is 24.7 Å². The SMILES string of the molecule is CCC(=O)NCC(OC(=O)C(C)C)c1ccc(OC2OC(C)C(C)C2O)c(N)c1.CCCC(C)(C)COCC(C)(C)CNC(=O)CNC(=O)Cc1ccc(N2C(=O)CC(C(C)C)C2=O)cc1. The highest BCUT2D eigenvalue weighted by Gasteiger charge is 2.41. The average molecular weight is 924 g/mol. The zero-order chi connectivity index (χ0) is 49.5. The van der Waals surface area contributed by atoms with Gasteiger partial charge < -0.3 is 45.7 Å². The van der Waals surface area contributed by atoms with Gasteiger partial charge in [-0.05, 0) is 60.1 Å². The monoisotopic (exact) mass is 924 g/mol. The Morgan fingerprint density at radius 3 is 2.09 bits per heavy atom. The topological polar surface area (TPSA) is 225 Å². The van der Waals surface area contributed by atoms with Crippen LogP contribution in [0.15, 0.2) is 42.5 Å². The Labute approximate surface area is 391 Å². The number of carbonyl (C=O) groups is 6. The predicted octanol–water partition coefficient (Wildman–Crippen LogP) is 6.02. The van der Waals surface area contributed by atoms with E-state index in [1.807, 2.05) is 41.5 Å². The third kappa shape index (κ3) is 17.0. The zero-order valence-electron chi connectivity index (χ0n) is 41.3. The molecule has 2 fully saturated rings. The zero-order valence-corrected chi connectivity index (χ0v) is 41.3. The maximum Gasteiger partial charge on any atom is 0.309 e. The largest absolute Gasteiger partial charge is 0.460 e. The van der Waals surface area contributed by atoms with Gasteiger partial charge in [0.15, 0.2) is 0 Å². The van der Waals surface area contributed by atoms with E-state index in [0.717, 1.165) is 18.4 Å². The van der Waals surface area contributed by atoms with Crippen LogP contribution in [-0.2, 0) is 49.4 Å². The molecule has 6 N–H and O–H groups in total. The fourth-order valence-corrected chi connectivity index (χ4v) is 7.32. The summed E-state index contributed by atoms with van der Waals surface area (Å²) in [6, 6.07) is 11.8. The summed E-state index contributed by atoms with van der Waals surface area (Å²) in [5.74, 6) is -1.60. The van der Waals surface area contributed by atoms with Crippen LogP contribution in [0.5, 0.6) is 5.75 Å². The minimum Gasteiger partial charge on any atom is -0.460 e. The number of hydrogen-bond donors (Lipinski definition) is 5. The van der Waals surface area contributed by atoms with Crippen LogP contribution in [0.4, 0.5) is 11.4 Å². The van der Waals surface area contributed by atoms with Gasteiger partial charge in [0.2, 0.25) is 35.8 Å². The Morgan fingerprint density at radius 2 is 1.55 bits per heavy atom. The molecule has 0 aromatic heterocycles. The summed E-state index contributed by atoms with van der Waals surface area (Å²) in [5.41, 5.74) is 8.24. The number of nitrogens with one attached hydrogen (secondary N) is 3. The van der Waals surface area contributed by atoms with Gasteiger partial charge in [-0.1, -0.05) is 101 Å². The van der Waals surface area contributed by atoms with Crippen LogP contribution in [0.3, 0.4) is 0 Å². The molecule has 2 aromatic carbocycles. The summed E-state index contributed by atoms with van der Waals surface area (Å²) >= 11 is 0. The minimum atomic E-state index is -0.799. The van der Waals surface area contributed by atoms with Crippen LogP contribution in [0.1, 0.15) is 126 Å². The molecule has 2 heterocycles. The highest BCUT2D eigenvalue weighted by Crippen LogP contribution is 2.34. The molecule has 2 aliphatic heterocycles. The van der Waals surface area contributed by atoms with Gasteiger partial charge in [0.05, 0.1) is 62.0 Å². The second-order valence-electron chi connectivity index (χ2n) is 19.8. The molecule has 6 unspecified atom stereocenters. The van der Waals surface area contributed by atoms with E-state index in [1.54, 1.807) is 63.2 Å². The van der Waals surface area contributed by atoms with Gasteiger partial charge >= 0.3 is 5.97 Å². The second-order valence-corrected chi connectivity index (χ2v) is 19.8. The number of nitrogens with two attached hydrogens (primary N) is 1. The fourth-order valence-electron chi connectivity index (χ4n) is 7.32. The lowest BCUT2D eigenvalue weighted by Gasteiger charge is -2.29. The number of carbonyl (C=O) groups excluding carboxylic acids is 6. The molecule has 0 saturated carbocycles. The van der Waals surface area contributed by atoms with Crippen molar-refractivity contribution in [1.82, 2.24) is 16.0 Å². The number of esters is 1. The number of ether oxygens (including phenoxy) is 4. The molecule has 6 atom stereocenters. The summed E-state index contributed by atoms with van der Waals surface area (Å²) < 4.78 is 22.9. The number of aliphatic hydroxyl groups excluding tert-OH is 1. The first-order valence-corrected chi connectivity index (χ1v) is 23.3. The standard InChI is InChI=1S/C29H45N3O5.C21H32N2O6/c1-8-13-28(4,5)18-37-19-29(6,7)17-31-25(34)16-30-24(33)14-21-9-11-22(12-10-21)32-26(35)15-23(20(2)3)27(32)36;1-6-18(24)23-10-17(28-20(26)11(2)3)14-7-8-16(15(22)9-14)29-21-19(25)12(4)13(5)27-21/h9-12,20,23H,8,13-19H2,1-7H3,(H,30,33)(H,31,34);7-9,11-13,17,19,21,25H,6,10,22H2,1-5H3,(H,23,24). The number of imide groups is 1. The highest BCUT2D eigenvalue weighted by molar-refractivity contribution is 6.21. The van der Waals surface area contributed by atoms with E-state index in [-0.39, 0.29) is 102 Å². The molecule has 16 nitrogen and oxygen atoms in total. The second kappa shape index (κ2) is 25.2. The maximum absolute atomic E-state index is 12.6. The summed E-state index contributed by atoms with van der Waals surface area (Å²) in [5, 5.41) is 18.5. The Kier molecular flexibility index (Phi) is 21.1. The van der Waals surface area contributed by atoms with Gasteiger partial charge in [0, 0.05) is 30.7 Å². The molecule has 2 aromatic rings. The maximum atomic E-state index is 12.6. The Hall–Kier alpha value is -5.06. The van der Waals surface area contributed by atoms with Crippen molar-refractivity contribution < 1.29 is 52.8 Å². The molecule has 2 saturated heterocycles. The third-order valence-corrected chi connectivity index (χ3v) is 11.8. The van der Waals surface area contributed by atoms with Crippen molar-refractivity contribution in [2.45, 2.75) is 140 Å². The third-order valence-electron chi connectivity index (χ3n) is 11.8. The minimum absolute atomic E-state index is 0.0532. The average Bonchev–Trinajstić information content (AvgIpc) is 3.69. The van der Waals surface area contributed by atoms with E-state index < -0.39 is 18.5 Å². The van der Waals surface area contributed by atoms with E-state index in [9.17, 15) is 33.9 Å². The molecule has 0 spiro atoms. The molecule has 4 rings (SSSR count). The van der Waals surface area contributed by atoms with Crippen LogP contribution >= 0.6 is 0 Å². The summed E-state index contributed by atoms with van der Waals surface area (Å²) in [6.45, 7) is 25.2. The van der Waals surface area contributed by atoms with Crippen molar-refractivity contribution in [2.75, 3.05) is 43.5 Å². The molecule has 2 aliphatic rings. The molecule has 66 heavy (non-hydrogen) atoms. The van der Waals surface area contributed by atoms with Crippen molar-refractivity contribution >= 4 is 46.9 Å². The van der Waals surface area contributed by atoms with Gasteiger partial charge in [0.25, 0.3) is 0 Å². The quantitative estimate of drug-likeness (QED) is 0.0519. The first-order chi connectivity index (χ1) is 30.9. The molecular weight excluding hydrogens is 847 g/mol. The van der Waals surface area contributed by atoms with E-state index >= 15 is 0 Å². The summed E-state index contributed by atoms with van der Waals surface area (Å²) in [4.78, 5) is 74.5. The molecule has 5 amide bonds. The van der Waals surface area contributed by atoms with Crippen molar-refractivity contribution in [3.8, 4) is 5.75 Å². The van der Waals surface area contributed by atoms with Crippen molar-refractivity contribution in [2.24, 2.45) is 34.5 Å². The molecule has 0 radical (unpaired) electrons. The first kappa shape index (κ1) is 55.3. The number of anilines is 2. The number of nitrogens with zero attached hydrogens (tertiary/aromatic N) is 1. The van der Waals surface area contributed by atoms with Gasteiger partial charge in [-0.2, -0.15) is 0 Å². The molecular formula is C50H77N5O11. The lowest BCUT2D eigenvalue weighted by molar-refractivity contribution is -0.153. The summed E-state index contributed by atoms with van der Waals surface area (Å²) in [6.07, 6.45) is 0.514. The Balaban J connectivity index is 0.000000361. The highest BCUT2D eigenvalue weighted by atomic mass is 16.7. The predicted molar refractivity (Wildman–Crippen MR) is 253 cm³/mol. The van der Waals surface area contributed by atoms with Crippen LogP contribution in [0.2, 0.25) is 0 Å². The van der Waals surface area contributed by atoms with Crippen molar-refractivity contribution in [3.63, 3.8) is 0 Å². The summed E-state index contributed by atoms with van der Waals surface area (Å²) in [7, 11) is 0. The van der Waals surface area contributed by atoms with Crippen LogP contribution in [0.25, 0.3) is 0 Å². The van der Waals surface area contributed by atoms with Crippen LogP contribution in [0, 0.1) is 34.5 Å². The van der Waals surface area contributed by atoms with E-state index in [0.29, 0.717) is 48.9 Å². The number of rotatable bonds is 22. The van der Waals surface area contributed by atoms with Gasteiger partial charge in [-0.15, -0.1) is 0 Å². The lowest BCUT2D eigenvalue weighted by Crippen LogP contribution is -2.42. The molecule has 16 heteroatoms. The lowest BCUT2D eigenvalue weighted by atomic mass is 9.89. The van der Waals surface area contributed by atoms with Crippen LogP contribution < -0.4 is 31.3 Å². The Morgan fingerprint density at radius 1 is 0.894 bits per heavy atom. The van der Waals surface area contributed by atoms with Crippen LogP contribution in [-0.4, -0.2) is 92.0 Å². The van der Waals surface area contributed by atoms with E-state index in [1.165, 1.54) is 4.90 Å². The molecule has 0 aliphatic carbocycles. The number of benzene rings is 2. The normalized spacial score (nSPS) is 20.2. The van der Waals surface area contributed by atoms with Crippen molar-refractivity contribution in [3.05, 3.63) is 53.6 Å². The smallest absolute Gasteiger partial charge is 0.309 e. The molecule has 0 bridgehead atoms. The fraction of sp³-hybridized carbons (Fsp3) is 0.640. The number of amides is 5. The Bertz CT molecular complexity index is 1950. The number of aliphatic hydroxyl groups is 1.